The standard InChI is InChI=1S/C72H126O6/c1-4-7-10-13-16-19-22-24-26-27-28-29-30-31-32-33-34-35-36-37-38-39-40-41-42-43-44-45-46-48-50-53-56-59-62-65-71(74)77-68-69(67-76-70(73)64-61-58-55-52-49-21-18-15-12-9-6-3)78-72(75)66-63-60-57-54-51-47-25-23-20-17-14-11-8-5-2/h7,10,15-16,18-19,24,26,28-29,31-32,34-35,69H,4-6,8-9,11-14,17,20-23,25,27,30,33,36-68H2,1-3H3/b10-7-,18-15-,19-16-,26-24-,29-28-,32-31-,35-34-. The third-order valence-corrected chi connectivity index (χ3v) is 14.6. The van der Waals surface area contributed by atoms with Gasteiger partial charge in [-0.25, -0.2) is 0 Å². The Kier molecular flexibility index (Phi) is 63.2. The van der Waals surface area contributed by atoms with Crippen LogP contribution in [0, 0.1) is 0 Å². The Balaban J connectivity index is 4.07. The minimum Gasteiger partial charge on any atom is -0.462 e. The molecule has 0 N–H and O–H groups in total. The van der Waals surface area contributed by atoms with Crippen molar-refractivity contribution in [3.8, 4) is 0 Å². The molecule has 78 heavy (non-hydrogen) atoms. The summed E-state index contributed by atoms with van der Waals surface area (Å²) in [7, 11) is 0. The Morgan fingerprint density at radius 2 is 0.513 bits per heavy atom. The summed E-state index contributed by atoms with van der Waals surface area (Å²) in [6.45, 7) is 6.51. The molecule has 0 amide bonds. The summed E-state index contributed by atoms with van der Waals surface area (Å²) in [4.78, 5) is 38.2. The highest BCUT2D eigenvalue weighted by molar-refractivity contribution is 5.71. The van der Waals surface area contributed by atoms with Crippen molar-refractivity contribution in [2.75, 3.05) is 13.2 Å². The molecule has 0 aliphatic rings. The Bertz CT molecular complexity index is 1480. The number of unbranched alkanes of at least 4 members (excludes halogenated alkanes) is 36. The number of allylic oxidation sites excluding steroid dienone is 14. The average molecular weight is 1090 g/mol. The lowest BCUT2D eigenvalue weighted by Crippen LogP contribution is -2.30. The summed E-state index contributed by atoms with van der Waals surface area (Å²) in [6, 6.07) is 0. The van der Waals surface area contributed by atoms with E-state index in [2.05, 4.69) is 106 Å². The Morgan fingerprint density at radius 1 is 0.269 bits per heavy atom. The number of ether oxygens (including phenoxy) is 3. The topological polar surface area (TPSA) is 78.9 Å². The monoisotopic (exact) mass is 1090 g/mol. The van der Waals surface area contributed by atoms with Crippen molar-refractivity contribution in [3.63, 3.8) is 0 Å². The van der Waals surface area contributed by atoms with Crippen LogP contribution in [0.1, 0.15) is 335 Å². The van der Waals surface area contributed by atoms with Gasteiger partial charge in [-0.05, 0) is 89.9 Å². The zero-order chi connectivity index (χ0) is 56.4. The van der Waals surface area contributed by atoms with E-state index in [1.54, 1.807) is 0 Å². The van der Waals surface area contributed by atoms with Gasteiger partial charge in [0.15, 0.2) is 6.10 Å². The molecular formula is C72H126O6. The zero-order valence-corrected chi connectivity index (χ0v) is 51.7. The first kappa shape index (κ1) is 74.6. The molecule has 6 heteroatoms. The number of carbonyl (C=O) groups is 3. The minimum atomic E-state index is -0.775. The summed E-state index contributed by atoms with van der Waals surface area (Å²) in [5.74, 6) is -0.868. The molecule has 0 aromatic rings. The van der Waals surface area contributed by atoms with E-state index in [-0.39, 0.29) is 31.1 Å². The van der Waals surface area contributed by atoms with E-state index in [0.29, 0.717) is 19.3 Å². The first-order valence-electron chi connectivity index (χ1n) is 33.6. The maximum absolute atomic E-state index is 12.9. The molecule has 0 aliphatic heterocycles. The fourth-order valence-corrected chi connectivity index (χ4v) is 9.61. The van der Waals surface area contributed by atoms with Gasteiger partial charge in [-0.15, -0.1) is 0 Å². The van der Waals surface area contributed by atoms with Gasteiger partial charge in [0.2, 0.25) is 0 Å². The molecule has 0 spiro atoms. The molecule has 0 heterocycles. The van der Waals surface area contributed by atoms with Gasteiger partial charge in [-0.2, -0.15) is 0 Å². The SMILES string of the molecule is CC/C=C\C/C=C\C/C=C\C/C=C\C/C=C\C/C=C\CCCCCCCCCCCCCCCCCCC(=O)OCC(COC(=O)CCCCCCC/C=C\CCCC)OC(=O)CCCCCCCCCCCCCCCC. The smallest absolute Gasteiger partial charge is 0.306 e. The number of carbonyl (C=O) groups excluding carboxylic acids is 3. The van der Waals surface area contributed by atoms with E-state index in [9.17, 15) is 14.4 Å². The highest BCUT2D eigenvalue weighted by atomic mass is 16.6. The second-order valence-corrected chi connectivity index (χ2v) is 22.4. The largest absolute Gasteiger partial charge is 0.462 e. The first-order valence-corrected chi connectivity index (χ1v) is 33.6. The van der Waals surface area contributed by atoms with Crippen molar-refractivity contribution in [3.05, 3.63) is 85.1 Å². The molecule has 0 aromatic heterocycles. The molecule has 0 aromatic carbocycles. The van der Waals surface area contributed by atoms with E-state index < -0.39 is 6.10 Å². The van der Waals surface area contributed by atoms with Crippen LogP contribution in [0.5, 0.6) is 0 Å². The summed E-state index contributed by atoms with van der Waals surface area (Å²) >= 11 is 0. The maximum Gasteiger partial charge on any atom is 0.306 e. The third kappa shape index (κ3) is 63.4. The van der Waals surface area contributed by atoms with Crippen molar-refractivity contribution in [2.24, 2.45) is 0 Å². The Hall–Kier alpha value is -3.41. The lowest BCUT2D eigenvalue weighted by Gasteiger charge is -2.18. The maximum atomic E-state index is 12.9. The summed E-state index contributed by atoms with van der Waals surface area (Å²) in [5.41, 5.74) is 0. The predicted molar refractivity (Wildman–Crippen MR) is 339 cm³/mol. The summed E-state index contributed by atoms with van der Waals surface area (Å²) in [6.07, 6.45) is 87.6. The lowest BCUT2D eigenvalue weighted by atomic mass is 10.0. The van der Waals surface area contributed by atoms with Crippen LogP contribution in [0.25, 0.3) is 0 Å². The molecule has 6 nitrogen and oxygen atoms in total. The lowest BCUT2D eigenvalue weighted by molar-refractivity contribution is -0.167. The van der Waals surface area contributed by atoms with Crippen molar-refractivity contribution in [1.82, 2.24) is 0 Å². The highest BCUT2D eigenvalue weighted by Crippen LogP contribution is 2.17. The number of hydrogen-bond donors (Lipinski definition) is 0. The van der Waals surface area contributed by atoms with Crippen LogP contribution < -0.4 is 0 Å². The molecule has 0 bridgehead atoms. The van der Waals surface area contributed by atoms with Crippen LogP contribution in [-0.2, 0) is 28.6 Å². The van der Waals surface area contributed by atoms with Crippen molar-refractivity contribution in [2.45, 2.75) is 341 Å². The molecule has 1 unspecified atom stereocenters. The van der Waals surface area contributed by atoms with Gasteiger partial charge >= 0.3 is 17.9 Å². The predicted octanol–water partition coefficient (Wildman–Crippen LogP) is 23.1. The minimum absolute atomic E-state index is 0.0736. The first-order chi connectivity index (χ1) is 38.5. The second kappa shape index (κ2) is 66.1. The fourth-order valence-electron chi connectivity index (χ4n) is 9.61. The van der Waals surface area contributed by atoms with E-state index in [0.717, 1.165) is 103 Å². The quantitative estimate of drug-likeness (QED) is 0.0261. The molecule has 0 saturated carbocycles. The van der Waals surface area contributed by atoms with Gasteiger partial charge in [0, 0.05) is 19.3 Å². The van der Waals surface area contributed by atoms with E-state index in [1.165, 1.54) is 193 Å². The van der Waals surface area contributed by atoms with E-state index in [1.807, 2.05) is 0 Å². The van der Waals surface area contributed by atoms with Gasteiger partial charge in [-0.3, -0.25) is 14.4 Å². The molecule has 0 fully saturated rings. The van der Waals surface area contributed by atoms with Crippen LogP contribution in [0.3, 0.4) is 0 Å². The van der Waals surface area contributed by atoms with Crippen LogP contribution in [0.4, 0.5) is 0 Å². The van der Waals surface area contributed by atoms with Gasteiger partial charge in [-0.1, -0.05) is 311 Å². The van der Waals surface area contributed by atoms with Crippen LogP contribution in [-0.4, -0.2) is 37.2 Å². The molecule has 0 saturated heterocycles. The second-order valence-electron chi connectivity index (χ2n) is 22.4. The zero-order valence-electron chi connectivity index (χ0n) is 51.7. The molecule has 1 atom stereocenters. The van der Waals surface area contributed by atoms with E-state index in [4.69, 9.17) is 14.2 Å². The molecule has 0 aliphatic carbocycles. The van der Waals surface area contributed by atoms with Gasteiger partial charge in [0.05, 0.1) is 0 Å². The Morgan fingerprint density at radius 3 is 0.833 bits per heavy atom. The molecule has 0 rings (SSSR count). The third-order valence-electron chi connectivity index (χ3n) is 14.6. The van der Waals surface area contributed by atoms with Crippen molar-refractivity contribution in [1.29, 1.82) is 0 Å². The van der Waals surface area contributed by atoms with Crippen LogP contribution in [0.15, 0.2) is 85.1 Å². The Labute approximate surface area is 484 Å². The number of rotatable bonds is 61. The van der Waals surface area contributed by atoms with E-state index >= 15 is 0 Å². The molecular weight excluding hydrogens is 961 g/mol. The normalized spacial score (nSPS) is 12.6. The summed E-state index contributed by atoms with van der Waals surface area (Å²) < 4.78 is 16.9. The highest BCUT2D eigenvalue weighted by Gasteiger charge is 2.19. The van der Waals surface area contributed by atoms with Gasteiger partial charge < -0.3 is 14.2 Å². The van der Waals surface area contributed by atoms with Crippen LogP contribution in [0.2, 0.25) is 0 Å². The van der Waals surface area contributed by atoms with Crippen molar-refractivity contribution >= 4 is 17.9 Å². The molecule has 0 radical (unpaired) electrons. The van der Waals surface area contributed by atoms with Gasteiger partial charge in [0.1, 0.15) is 13.2 Å². The van der Waals surface area contributed by atoms with Gasteiger partial charge in [0.25, 0.3) is 0 Å². The number of esters is 3. The fraction of sp³-hybridized carbons (Fsp3) is 0.764. The molecule has 450 valence electrons. The average Bonchev–Trinajstić information content (AvgIpc) is 3.44. The summed E-state index contributed by atoms with van der Waals surface area (Å²) in [5, 5.41) is 0. The van der Waals surface area contributed by atoms with Crippen molar-refractivity contribution < 1.29 is 28.6 Å². The number of hydrogen-bond acceptors (Lipinski definition) is 6. The van der Waals surface area contributed by atoms with Crippen LogP contribution >= 0.6 is 0 Å².